The Bertz CT molecular complexity index is 1520. The molecule has 0 saturated carbocycles. The van der Waals surface area contributed by atoms with E-state index in [1.165, 1.54) is 61.0 Å². The van der Waals surface area contributed by atoms with Crippen LogP contribution in [0, 0.1) is 6.92 Å². The molecule has 1 aromatic heterocycles. The van der Waals surface area contributed by atoms with Crippen LogP contribution in [0.3, 0.4) is 0 Å². The molecule has 2 unspecified atom stereocenters. The molecule has 0 fully saturated rings. The lowest BCUT2D eigenvalue weighted by Gasteiger charge is -2.25. The van der Waals surface area contributed by atoms with Gasteiger partial charge in [0.2, 0.25) is 0 Å². The average molecular weight is 499 g/mol. The number of aryl methyl sites for hydroxylation is 1. The molecule has 2 heteroatoms. The van der Waals surface area contributed by atoms with Gasteiger partial charge in [-0.3, -0.25) is 0 Å². The minimum Gasteiger partial charge on any atom is -0.361 e. The lowest BCUT2D eigenvalue weighted by atomic mass is 9.79. The first-order valence-electron chi connectivity index (χ1n) is 13.7. The molecule has 2 atom stereocenters. The zero-order valence-corrected chi connectivity index (χ0v) is 23.0. The molecular formula is C36H38N2. The van der Waals surface area contributed by atoms with E-state index in [0.717, 1.165) is 12.8 Å². The fraction of sp³-hybridized carbons (Fsp3) is 0.222. The summed E-state index contributed by atoms with van der Waals surface area (Å²) in [5.74, 6) is 0.140. The number of H-pyrrole nitrogens is 1. The van der Waals surface area contributed by atoms with Gasteiger partial charge in [-0.15, -0.1) is 0 Å². The van der Waals surface area contributed by atoms with E-state index in [4.69, 9.17) is 0 Å². The van der Waals surface area contributed by atoms with Crippen molar-refractivity contribution in [1.29, 1.82) is 0 Å². The minimum absolute atomic E-state index is 0.140. The highest BCUT2D eigenvalue weighted by molar-refractivity contribution is 5.95. The van der Waals surface area contributed by atoms with Crippen molar-refractivity contribution in [3.63, 3.8) is 0 Å². The molecule has 38 heavy (non-hydrogen) atoms. The third-order valence-corrected chi connectivity index (χ3v) is 7.70. The van der Waals surface area contributed by atoms with E-state index in [0.29, 0.717) is 0 Å². The normalized spacial score (nSPS) is 19.1. The maximum atomic E-state index is 4.62. The van der Waals surface area contributed by atoms with Crippen molar-refractivity contribution in [3.05, 3.63) is 137 Å². The van der Waals surface area contributed by atoms with Crippen molar-refractivity contribution in [2.45, 2.75) is 45.6 Å². The number of nitrogens with one attached hydrogen (secondary N) is 2. The van der Waals surface area contributed by atoms with Gasteiger partial charge in [-0.05, 0) is 84.8 Å². The number of aromatic nitrogens is 1. The molecule has 5 rings (SSSR count). The topological polar surface area (TPSA) is 27.8 Å². The molecule has 2 nitrogen and oxygen atoms in total. The molecule has 2 N–H and O–H groups in total. The summed E-state index contributed by atoms with van der Waals surface area (Å²) >= 11 is 0. The van der Waals surface area contributed by atoms with E-state index in [1.54, 1.807) is 0 Å². The fourth-order valence-electron chi connectivity index (χ4n) is 5.57. The van der Waals surface area contributed by atoms with Gasteiger partial charge in [-0.1, -0.05) is 104 Å². The van der Waals surface area contributed by atoms with Crippen molar-refractivity contribution in [2.24, 2.45) is 0 Å². The number of aromatic amines is 1. The first-order valence-corrected chi connectivity index (χ1v) is 13.7. The van der Waals surface area contributed by atoms with Crippen LogP contribution >= 0.6 is 0 Å². The Labute approximate surface area is 227 Å². The molecule has 0 aliphatic heterocycles. The lowest BCUT2D eigenvalue weighted by molar-refractivity contribution is 0.725. The van der Waals surface area contributed by atoms with Crippen LogP contribution in [0.2, 0.25) is 0 Å². The Kier molecular flexibility index (Phi) is 7.62. The van der Waals surface area contributed by atoms with Crippen molar-refractivity contribution in [1.82, 2.24) is 10.3 Å². The van der Waals surface area contributed by atoms with E-state index in [1.807, 2.05) is 13.2 Å². The molecule has 1 heterocycles. The number of fused-ring (bicyclic) bond motifs is 1. The number of benzene rings is 3. The third-order valence-electron chi connectivity index (χ3n) is 7.70. The molecule has 192 valence electrons. The van der Waals surface area contributed by atoms with E-state index in [-0.39, 0.29) is 12.0 Å². The Hall–Kier alpha value is -3.88. The van der Waals surface area contributed by atoms with Crippen molar-refractivity contribution in [2.75, 3.05) is 7.05 Å². The van der Waals surface area contributed by atoms with Crippen LogP contribution in [0.15, 0.2) is 121 Å². The number of hydrogen-bond donors (Lipinski definition) is 2. The highest BCUT2D eigenvalue weighted by Crippen LogP contribution is 2.45. The first kappa shape index (κ1) is 25.8. The maximum absolute atomic E-state index is 4.62. The SMILES string of the molecule is C=C1CC=C(c2ccc(C)cc2)C(=C/C(C)NC)/C(=C\CC)C1c1ccc(-c2cccc3[nH]ccc23)cc1. The zero-order chi connectivity index (χ0) is 26.6. The van der Waals surface area contributed by atoms with Crippen molar-refractivity contribution < 1.29 is 0 Å². The Morgan fingerprint density at radius 2 is 1.74 bits per heavy atom. The van der Waals surface area contributed by atoms with Gasteiger partial charge in [0.1, 0.15) is 0 Å². The van der Waals surface area contributed by atoms with Crippen molar-refractivity contribution in [3.8, 4) is 11.1 Å². The summed E-state index contributed by atoms with van der Waals surface area (Å²) in [7, 11) is 2.02. The highest BCUT2D eigenvalue weighted by atomic mass is 14.8. The molecule has 0 bridgehead atoms. The van der Waals surface area contributed by atoms with Gasteiger partial charge in [0.05, 0.1) is 0 Å². The van der Waals surface area contributed by atoms with E-state index in [9.17, 15) is 0 Å². The number of allylic oxidation sites excluding steroid dienone is 6. The van der Waals surface area contributed by atoms with Crippen LogP contribution in [-0.2, 0) is 0 Å². The number of likely N-dealkylation sites (N-methyl/N-ethyl adjacent to an activating group) is 1. The monoisotopic (exact) mass is 498 g/mol. The van der Waals surface area contributed by atoms with Crippen LogP contribution in [0.1, 0.15) is 49.3 Å². The molecule has 0 radical (unpaired) electrons. The summed E-state index contributed by atoms with van der Waals surface area (Å²) in [6, 6.07) is 26.9. The second kappa shape index (κ2) is 11.2. The van der Waals surface area contributed by atoms with Gasteiger partial charge in [-0.2, -0.15) is 0 Å². The highest BCUT2D eigenvalue weighted by Gasteiger charge is 2.28. The molecule has 1 aliphatic carbocycles. The second-order valence-corrected chi connectivity index (χ2v) is 10.4. The van der Waals surface area contributed by atoms with Gasteiger partial charge >= 0.3 is 0 Å². The predicted octanol–water partition coefficient (Wildman–Crippen LogP) is 9.14. The smallest absolute Gasteiger partial charge is 0.0460 e. The molecule has 0 amide bonds. The van der Waals surface area contributed by atoms with Crippen LogP contribution in [0.5, 0.6) is 0 Å². The Morgan fingerprint density at radius 1 is 1.00 bits per heavy atom. The molecule has 0 saturated heterocycles. The first-order chi connectivity index (χ1) is 18.5. The largest absolute Gasteiger partial charge is 0.361 e. The van der Waals surface area contributed by atoms with Crippen LogP contribution < -0.4 is 5.32 Å². The van der Waals surface area contributed by atoms with Gasteiger partial charge in [0.15, 0.2) is 0 Å². The third kappa shape index (κ3) is 5.10. The molecule has 3 aromatic carbocycles. The molecular weight excluding hydrogens is 460 g/mol. The Morgan fingerprint density at radius 3 is 2.45 bits per heavy atom. The van der Waals surface area contributed by atoms with Crippen LogP contribution in [0.4, 0.5) is 0 Å². The van der Waals surface area contributed by atoms with Gasteiger partial charge in [-0.25, -0.2) is 0 Å². The Balaban J connectivity index is 1.60. The predicted molar refractivity (Wildman–Crippen MR) is 164 cm³/mol. The molecule has 4 aromatic rings. The quantitative estimate of drug-likeness (QED) is 0.255. The van der Waals surface area contributed by atoms with Crippen LogP contribution in [-0.4, -0.2) is 18.1 Å². The lowest BCUT2D eigenvalue weighted by Crippen LogP contribution is -2.20. The molecule has 0 spiro atoms. The van der Waals surface area contributed by atoms with E-state index in [2.05, 4.69) is 129 Å². The number of hydrogen-bond acceptors (Lipinski definition) is 1. The average Bonchev–Trinajstić information content (AvgIpc) is 3.38. The summed E-state index contributed by atoms with van der Waals surface area (Å²) in [6.07, 6.45) is 11.0. The second-order valence-electron chi connectivity index (χ2n) is 10.4. The summed E-state index contributed by atoms with van der Waals surface area (Å²) in [6.45, 7) is 11.2. The van der Waals surface area contributed by atoms with Gasteiger partial charge < -0.3 is 10.3 Å². The van der Waals surface area contributed by atoms with Gasteiger partial charge in [0, 0.05) is 29.1 Å². The standard InChI is InChI=1S/C36H38N2/c1-6-8-33-34(23-26(4)37-5)31(27-14-11-24(2)12-15-27)20-13-25(3)36(33)29-18-16-28(17-19-29)30-9-7-10-35-32(30)21-22-38-35/h7-12,14-23,26,36-38H,3,6,13H2,1-2,4-5H3/b33-8+,34-23-. The van der Waals surface area contributed by atoms with Crippen LogP contribution in [0.25, 0.3) is 27.6 Å². The summed E-state index contributed by atoms with van der Waals surface area (Å²) in [5.41, 5.74) is 12.7. The summed E-state index contributed by atoms with van der Waals surface area (Å²) < 4.78 is 0. The summed E-state index contributed by atoms with van der Waals surface area (Å²) in [4.78, 5) is 3.33. The maximum Gasteiger partial charge on any atom is 0.0460 e. The van der Waals surface area contributed by atoms with Crippen molar-refractivity contribution >= 4 is 16.5 Å². The van der Waals surface area contributed by atoms with E-state index >= 15 is 0 Å². The number of rotatable bonds is 6. The fourth-order valence-corrected chi connectivity index (χ4v) is 5.57. The zero-order valence-electron chi connectivity index (χ0n) is 23.0. The molecule has 1 aliphatic rings. The minimum atomic E-state index is 0.140. The summed E-state index contributed by atoms with van der Waals surface area (Å²) in [5, 5.41) is 4.68. The van der Waals surface area contributed by atoms with Gasteiger partial charge in [0.25, 0.3) is 0 Å². The van der Waals surface area contributed by atoms with E-state index < -0.39 is 0 Å².